The highest BCUT2D eigenvalue weighted by Crippen LogP contribution is 2.19. The van der Waals surface area contributed by atoms with Crippen molar-refractivity contribution in [3.05, 3.63) is 29.8 Å². The van der Waals surface area contributed by atoms with Crippen molar-refractivity contribution < 1.29 is 24.3 Å². The van der Waals surface area contributed by atoms with E-state index in [2.05, 4.69) is 5.32 Å². The normalized spacial score (nSPS) is 15.7. The third-order valence-electron chi connectivity index (χ3n) is 5.12. The van der Waals surface area contributed by atoms with Gasteiger partial charge in [-0.05, 0) is 31.9 Å². The van der Waals surface area contributed by atoms with Gasteiger partial charge in [0.25, 0.3) is 0 Å². The minimum Gasteiger partial charge on any atom is -0.481 e. The fourth-order valence-electron chi connectivity index (χ4n) is 3.22. The molecule has 2 amide bonds. The molecule has 1 aromatic rings. The van der Waals surface area contributed by atoms with Gasteiger partial charge >= 0.3 is 5.97 Å². The van der Waals surface area contributed by atoms with Crippen molar-refractivity contribution in [1.82, 2.24) is 4.90 Å². The number of nitrogens with zero attached hydrogens (tertiary/aromatic N) is 1. The van der Waals surface area contributed by atoms with E-state index in [0.717, 1.165) is 5.56 Å². The molecule has 1 heterocycles. The van der Waals surface area contributed by atoms with Crippen LogP contribution in [0.4, 0.5) is 5.69 Å². The topological polar surface area (TPSA) is 104 Å². The molecule has 0 unspecified atom stereocenters. The predicted molar refractivity (Wildman–Crippen MR) is 105 cm³/mol. The Kier molecular flexibility index (Phi) is 7.72. The molecule has 2 rings (SSSR count). The molecule has 1 fully saturated rings. The Morgan fingerprint density at radius 1 is 1.11 bits per heavy atom. The highest BCUT2D eigenvalue weighted by Gasteiger charge is 2.27. The molecular weight excluding hydrogens is 360 g/mol. The van der Waals surface area contributed by atoms with Gasteiger partial charge in [-0.3, -0.25) is 19.2 Å². The van der Waals surface area contributed by atoms with Crippen molar-refractivity contribution in [1.29, 1.82) is 0 Å². The van der Waals surface area contributed by atoms with Crippen LogP contribution < -0.4 is 5.32 Å². The van der Waals surface area contributed by atoms with Crippen LogP contribution in [0, 0.1) is 18.8 Å². The van der Waals surface area contributed by atoms with Gasteiger partial charge in [0, 0.05) is 44.0 Å². The lowest BCUT2D eigenvalue weighted by Crippen LogP contribution is -2.40. The van der Waals surface area contributed by atoms with Crippen LogP contribution in [0.15, 0.2) is 24.3 Å². The monoisotopic (exact) mass is 388 g/mol. The average Bonchev–Trinajstić information content (AvgIpc) is 2.67. The molecule has 0 spiro atoms. The highest BCUT2D eigenvalue weighted by atomic mass is 16.4. The van der Waals surface area contributed by atoms with Crippen LogP contribution in [0.3, 0.4) is 0 Å². The second-order valence-electron chi connectivity index (χ2n) is 7.49. The quantitative estimate of drug-likeness (QED) is 0.712. The first-order valence-corrected chi connectivity index (χ1v) is 9.66. The number of amides is 2. The molecule has 7 nitrogen and oxygen atoms in total. The van der Waals surface area contributed by atoms with Gasteiger partial charge in [0.05, 0.1) is 5.92 Å². The van der Waals surface area contributed by atoms with Gasteiger partial charge in [-0.1, -0.05) is 24.6 Å². The fraction of sp³-hybridized carbons (Fsp3) is 0.524. The summed E-state index contributed by atoms with van der Waals surface area (Å²) in [4.78, 5) is 49.2. The van der Waals surface area contributed by atoms with E-state index in [1.807, 2.05) is 31.2 Å². The predicted octanol–water partition coefficient (Wildman–Crippen LogP) is 2.63. The van der Waals surface area contributed by atoms with Gasteiger partial charge in [0.2, 0.25) is 11.8 Å². The zero-order chi connectivity index (χ0) is 20.7. The molecule has 0 aromatic heterocycles. The smallest absolute Gasteiger partial charge is 0.306 e. The molecule has 1 aliphatic rings. The first-order chi connectivity index (χ1) is 13.3. The Morgan fingerprint density at radius 3 is 2.29 bits per heavy atom. The number of aryl methyl sites for hydroxylation is 1. The molecular formula is C21H28N2O5. The van der Waals surface area contributed by atoms with E-state index in [1.54, 1.807) is 11.8 Å². The lowest BCUT2D eigenvalue weighted by Gasteiger charge is -2.30. The van der Waals surface area contributed by atoms with Crippen molar-refractivity contribution >= 4 is 29.3 Å². The van der Waals surface area contributed by atoms with E-state index in [-0.39, 0.29) is 36.9 Å². The molecule has 1 aliphatic heterocycles. The summed E-state index contributed by atoms with van der Waals surface area (Å²) in [6.07, 6.45) is 1.19. The number of benzene rings is 1. The molecule has 1 saturated heterocycles. The number of aliphatic carboxylic acids is 1. The first-order valence-electron chi connectivity index (χ1n) is 9.66. The summed E-state index contributed by atoms with van der Waals surface area (Å²) in [5.41, 5.74) is 1.79. The van der Waals surface area contributed by atoms with Crippen LogP contribution in [0.25, 0.3) is 0 Å². The first kappa shape index (κ1) is 21.6. The molecule has 7 heteroatoms. The number of Topliss-reactive ketones (excluding diaryl/α,β-unsaturated/α-hetero) is 1. The van der Waals surface area contributed by atoms with Gasteiger partial charge in [0.1, 0.15) is 5.78 Å². The van der Waals surface area contributed by atoms with Crippen LogP contribution in [-0.4, -0.2) is 46.7 Å². The SMILES string of the molecule is Cc1ccc(NC(=O)[C@H](C)CC(=O)CCC(=O)N2CCC(C(=O)O)CC2)cc1. The third kappa shape index (κ3) is 6.48. The zero-order valence-corrected chi connectivity index (χ0v) is 16.4. The number of carbonyl (C=O) groups is 4. The summed E-state index contributed by atoms with van der Waals surface area (Å²) in [7, 11) is 0. The summed E-state index contributed by atoms with van der Waals surface area (Å²) in [5.74, 6) is -2.16. The van der Waals surface area contributed by atoms with Gasteiger partial charge < -0.3 is 15.3 Å². The number of hydrogen-bond donors (Lipinski definition) is 2. The van der Waals surface area contributed by atoms with Crippen LogP contribution in [0.1, 0.15) is 44.6 Å². The number of ketones is 1. The van der Waals surface area contributed by atoms with Gasteiger partial charge in [-0.2, -0.15) is 0 Å². The lowest BCUT2D eigenvalue weighted by atomic mass is 9.96. The zero-order valence-electron chi connectivity index (χ0n) is 16.4. The standard InChI is InChI=1S/C21H28N2O5/c1-14-3-5-17(6-4-14)22-20(26)15(2)13-18(24)7-8-19(25)23-11-9-16(10-12-23)21(27)28/h3-6,15-16H,7-13H2,1-2H3,(H,22,26)(H,27,28)/t15-/m1/s1. The average molecular weight is 388 g/mol. The van der Waals surface area contributed by atoms with Gasteiger partial charge in [-0.15, -0.1) is 0 Å². The molecule has 1 atom stereocenters. The van der Waals surface area contributed by atoms with Crippen LogP contribution in [-0.2, 0) is 19.2 Å². The van der Waals surface area contributed by atoms with Crippen molar-refractivity contribution in [3.63, 3.8) is 0 Å². The van der Waals surface area contributed by atoms with E-state index in [9.17, 15) is 19.2 Å². The summed E-state index contributed by atoms with van der Waals surface area (Å²) < 4.78 is 0. The van der Waals surface area contributed by atoms with Gasteiger partial charge in [0.15, 0.2) is 0 Å². The number of nitrogens with one attached hydrogen (secondary N) is 1. The molecule has 0 radical (unpaired) electrons. The van der Waals surface area contributed by atoms with Crippen molar-refractivity contribution in [2.45, 2.75) is 46.0 Å². The largest absolute Gasteiger partial charge is 0.481 e. The maximum atomic E-state index is 12.2. The summed E-state index contributed by atoms with van der Waals surface area (Å²) in [6, 6.07) is 7.43. The molecule has 0 bridgehead atoms. The van der Waals surface area contributed by atoms with E-state index >= 15 is 0 Å². The van der Waals surface area contributed by atoms with Crippen LogP contribution in [0.2, 0.25) is 0 Å². The van der Waals surface area contributed by atoms with Crippen molar-refractivity contribution in [2.24, 2.45) is 11.8 Å². The molecule has 152 valence electrons. The summed E-state index contributed by atoms with van der Waals surface area (Å²) in [5, 5.41) is 11.8. The van der Waals surface area contributed by atoms with E-state index in [0.29, 0.717) is 31.6 Å². The van der Waals surface area contributed by atoms with Crippen molar-refractivity contribution in [2.75, 3.05) is 18.4 Å². The number of hydrogen-bond acceptors (Lipinski definition) is 4. The Labute approximate surface area is 165 Å². The van der Waals surface area contributed by atoms with E-state index in [4.69, 9.17) is 5.11 Å². The molecule has 1 aromatic carbocycles. The number of carboxylic acids is 1. The van der Waals surface area contributed by atoms with Crippen LogP contribution >= 0.6 is 0 Å². The Bertz CT molecular complexity index is 721. The minimum absolute atomic E-state index is 0.0893. The van der Waals surface area contributed by atoms with Crippen LogP contribution in [0.5, 0.6) is 0 Å². The molecule has 2 N–H and O–H groups in total. The van der Waals surface area contributed by atoms with Crippen molar-refractivity contribution in [3.8, 4) is 0 Å². The second kappa shape index (κ2) is 10.0. The number of piperidine rings is 1. The number of rotatable bonds is 8. The van der Waals surface area contributed by atoms with E-state index < -0.39 is 17.8 Å². The number of carbonyl (C=O) groups excluding carboxylic acids is 3. The second-order valence-corrected chi connectivity index (χ2v) is 7.49. The summed E-state index contributed by atoms with van der Waals surface area (Å²) in [6.45, 7) is 4.49. The molecule has 0 saturated carbocycles. The van der Waals surface area contributed by atoms with E-state index in [1.165, 1.54) is 0 Å². The minimum atomic E-state index is -0.819. The fourth-order valence-corrected chi connectivity index (χ4v) is 3.22. The maximum Gasteiger partial charge on any atom is 0.306 e. The summed E-state index contributed by atoms with van der Waals surface area (Å²) >= 11 is 0. The van der Waals surface area contributed by atoms with Gasteiger partial charge in [-0.25, -0.2) is 0 Å². The maximum absolute atomic E-state index is 12.2. The Morgan fingerprint density at radius 2 is 1.71 bits per heavy atom. The number of anilines is 1. The third-order valence-corrected chi connectivity index (χ3v) is 5.12. The Balaban J connectivity index is 1.71. The highest BCUT2D eigenvalue weighted by molar-refractivity contribution is 5.95. The lowest BCUT2D eigenvalue weighted by molar-refractivity contribution is -0.145. The molecule has 0 aliphatic carbocycles. The number of likely N-dealkylation sites (tertiary alicyclic amines) is 1. The Hall–Kier alpha value is -2.70. The molecule has 28 heavy (non-hydrogen) atoms. The number of carboxylic acid groups (broad SMARTS) is 1.